The van der Waals surface area contributed by atoms with Crippen LogP contribution in [0.1, 0.15) is 29.8 Å². The lowest BCUT2D eigenvalue weighted by molar-refractivity contribution is -0.132. The van der Waals surface area contributed by atoms with Crippen LogP contribution in [0.25, 0.3) is 11.0 Å². The summed E-state index contributed by atoms with van der Waals surface area (Å²) in [6.07, 6.45) is 2.26. The van der Waals surface area contributed by atoms with Gasteiger partial charge < -0.3 is 20.0 Å². The highest BCUT2D eigenvalue weighted by molar-refractivity contribution is 5.96. The van der Waals surface area contributed by atoms with E-state index in [1.165, 1.54) is 0 Å². The van der Waals surface area contributed by atoms with Gasteiger partial charge in [-0.05, 0) is 32.0 Å². The molecule has 1 aromatic heterocycles. The summed E-state index contributed by atoms with van der Waals surface area (Å²) >= 11 is 0. The van der Waals surface area contributed by atoms with E-state index < -0.39 is 0 Å². The highest BCUT2D eigenvalue weighted by Crippen LogP contribution is 2.19. The van der Waals surface area contributed by atoms with Crippen LogP contribution in [0.5, 0.6) is 0 Å². The lowest BCUT2D eigenvalue weighted by atomic mass is 10.0. The number of amides is 2. The molecule has 24 heavy (non-hydrogen) atoms. The maximum Gasteiger partial charge on any atom is 0.287 e. The zero-order valence-corrected chi connectivity index (χ0v) is 13.9. The Labute approximate surface area is 141 Å². The van der Waals surface area contributed by atoms with E-state index in [2.05, 4.69) is 10.6 Å². The number of rotatable bonds is 5. The summed E-state index contributed by atoms with van der Waals surface area (Å²) in [4.78, 5) is 26.4. The Bertz CT molecular complexity index is 692. The number of benzene rings is 1. The first-order valence-electron chi connectivity index (χ1n) is 8.39. The van der Waals surface area contributed by atoms with Gasteiger partial charge in [0.15, 0.2) is 5.76 Å². The summed E-state index contributed by atoms with van der Waals surface area (Å²) < 4.78 is 5.60. The van der Waals surface area contributed by atoms with E-state index in [4.69, 9.17) is 4.42 Å². The molecule has 1 aliphatic heterocycles. The van der Waals surface area contributed by atoms with Crippen molar-refractivity contribution in [3.8, 4) is 0 Å². The van der Waals surface area contributed by atoms with Gasteiger partial charge in [0.25, 0.3) is 5.91 Å². The number of piperidine rings is 1. The van der Waals surface area contributed by atoms with Gasteiger partial charge in [0.1, 0.15) is 5.58 Å². The minimum absolute atomic E-state index is 0.0296. The number of fused-ring (bicyclic) bond motifs is 1. The monoisotopic (exact) mass is 329 g/mol. The maximum absolute atomic E-state index is 12.4. The number of hydrogen-bond acceptors (Lipinski definition) is 4. The summed E-state index contributed by atoms with van der Waals surface area (Å²) in [6, 6.07) is 9.27. The minimum Gasteiger partial charge on any atom is -0.451 e. The largest absolute Gasteiger partial charge is 0.451 e. The Morgan fingerprint density at radius 1 is 1.33 bits per heavy atom. The number of nitrogens with zero attached hydrogens (tertiary/aromatic N) is 1. The Kier molecular flexibility index (Phi) is 5.15. The predicted molar refractivity (Wildman–Crippen MR) is 91.8 cm³/mol. The third-order valence-electron chi connectivity index (χ3n) is 4.35. The van der Waals surface area contributed by atoms with Crippen molar-refractivity contribution in [3.05, 3.63) is 36.1 Å². The Morgan fingerprint density at radius 3 is 2.96 bits per heavy atom. The Balaban J connectivity index is 1.60. The van der Waals surface area contributed by atoms with Crippen LogP contribution in [0, 0.1) is 0 Å². The van der Waals surface area contributed by atoms with E-state index in [0.29, 0.717) is 30.9 Å². The van der Waals surface area contributed by atoms with Gasteiger partial charge in [0.2, 0.25) is 5.91 Å². The first kappa shape index (κ1) is 16.5. The van der Waals surface area contributed by atoms with Crippen LogP contribution in [-0.2, 0) is 4.79 Å². The molecule has 1 fully saturated rings. The summed E-state index contributed by atoms with van der Waals surface area (Å²) in [5.41, 5.74) is 0.704. The van der Waals surface area contributed by atoms with Crippen molar-refractivity contribution in [2.45, 2.75) is 25.3 Å². The molecule has 0 saturated carbocycles. The number of carbonyl (C=O) groups excluding carboxylic acids is 2. The minimum atomic E-state index is -0.222. The fourth-order valence-corrected chi connectivity index (χ4v) is 3.06. The van der Waals surface area contributed by atoms with Crippen LogP contribution < -0.4 is 10.6 Å². The third kappa shape index (κ3) is 3.76. The fourth-order valence-electron chi connectivity index (χ4n) is 3.06. The molecule has 1 aromatic carbocycles. The molecule has 0 aliphatic carbocycles. The van der Waals surface area contributed by atoms with Crippen molar-refractivity contribution in [1.29, 1.82) is 0 Å². The fraction of sp³-hybridized carbons (Fsp3) is 0.444. The summed E-state index contributed by atoms with van der Waals surface area (Å²) in [6.45, 7) is 2.00. The van der Waals surface area contributed by atoms with Crippen molar-refractivity contribution in [2.24, 2.45) is 0 Å². The smallest absolute Gasteiger partial charge is 0.287 e. The van der Waals surface area contributed by atoms with E-state index in [9.17, 15) is 9.59 Å². The van der Waals surface area contributed by atoms with E-state index in [-0.39, 0.29) is 17.9 Å². The summed E-state index contributed by atoms with van der Waals surface area (Å²) in [5.74, 6) is 0.225. The summed E-state index contributed by atoms with van der Waals surface area (Å²) in [5, 5.41) is 6.89. The molecule has 1 atom stereocenters. The molecular weight excluding hydrogens is 306 g/mol. The molecule has 0 bridgehead atoms. The number of nitrogens with one attached hydrogen (secondary N) is 2. The molecule has 1 aliphatic rings. The molecule has 2 heterocycles. The van der Waals surface area contributed by atoms with Gasteiger partial charge in [-0.15, -0.1) is 0 Å². The van der Waals surface area contributed by atoms with Crippen molar-refractivity contribution in [1.82, 2.24) is 15.5 Å². The molecule has 6 nitrogen and oxygen atoms in total. The summed E-state index contributed by atoms with van der Waals surface area (Å²) in [7, 11) is 1.83. The Hall–Kier alpha value is -2.34. The number of hydrogen-bond donors (Lipinski definition) is 2. The van der Waals surface area contributed by atoms with E-state index in [1.807, 2.05) is 36.2 Å². The van der Waals surface area contributed by atoms with Gasteiger partial charge in [-0.2, -0.15) is 0 Å². The number of carbonyl (C=O) groups is 2. The number of likely N-dealkylation sites (tertiary alicyclic amines) is 1. The lowest BCUT2D eigenvalue weighted by Crippen LogP contribution is -2.49. The van der Waals surface area contributed by atoms with Gasteiger partial charge in [0.05, 0.1) is 0 Å². The lowest BCUT2D eigenvalue weighted by Gasteiger charge is -2.33. The first-order chi connectivity index (χ1) is 11.7. The third-order valence-corrected chi connectivity index (χ3v) is 4.35. The molecule has 0 radical (unpaired) electrons. The highest BCUT2D eigenvalue weighted by Gasteiger charge is 2.25. The van der Waals surface area contributed by atoms with Crippen molar-refractivity contribution in [3.63, 3.8) is 0 Å². The second-order valence-corrected chi connectivity index (χ2v) is 6.15. The van der Waals surface area contributed by atoms with Gasteiger partial charge >= 0.3 is 0 Å². The van der Waals surface area contributed by atoms with Crippen LogP contribution >= 0.6 is 0 Å². The maximum atomic E-state index is 12.4. The molecule has 2 aromatic rings. The predicted octanol–water partition coefficient (Wildman–Crippen LogP) is 1.76. The van der Waals surface area contributed by atoms with Crippen molar-refractivity contribution >= 4 is 22.8 Å². The molecule has 1 saturated heterocycles. The van der Waals surface area contributed by atoms with Crippen molar-refractivity contribution in [2.75, 3.05) is 26.7 Å². The van der Waals surface area contributed by atoms with Crippen LogP contribution in [0.4, 0.5) is 0 Å². The van der Waals surface area contributed by atoms with E-state index in [1.54, 1.807) is 6.07 Å². The van der Waals surface area contributed by atoms with E-state index >= 15 is 0 Å². The SMILES string of the molecule is CNCCC(=O)N1CCCC(NC(=O)c2cc3ccccc3o2)C1. The highest BCUT2D eigenvalue weighted by atomic mass is 16.3. The second kappa shape index (κ2) is 7.49. The molecule has 128 valence electrons. The van der Waals surface area contributed by atoms with Crippen LogP contribution in [0.2, 0.25) is 0 Å². The first-order valence-corrected chi connectivity index (χ1v) is 8.39. The average molecular weight is 329 g/mol. The molecule has 0 spiro atoms. The molecule has 2 N–H and O–H groups in total. The standard InChI is InChI=1S/C18H23N3O3/c1-19-9-8-17(22)21-10-4-6-14(12-21)20-18(23)16-11-13-5-2-3-7-15(13)24-16/h2-3,5,7,11,14,19H,4,6,8-10,12H2,1H3,(H,20,23). The topological polar surface area (TPSA) is 74.6 Å². The van der Waals surface area contributed by atoms with Gasteiger partial charge in [0, 0.05) is 37.5 Å². The van der Waals surface area contributed by atoms with E-state index in [0.717, 1.165) is 24.8 Å². The van der Waals surface area contributed by atoms with Crippen molar-refractivity contribution < 1.29 is 14.0 Å². The Morgan fingerprint density at radius 2 is 2.17 bits per heavy atom. The molecule has 6 heteroatoms. The zero-order valence-electron chi connectivity index (χ0n) is 13.9. The average Bonchev–Trinajstić information content (AvgIpc) is 3.04. The normalized spacial score (nSPS) is 17.9. The van der Waals surface area contributed by atoms with Gasteiger partial charge in [-0.25, -0.2) is 0 Å². The molecular formula is C18H23N3O3. The van der Waals surface area contributed by atoms with Gasteiger partial charge in [-0.1, -0.05) is 18.2 Å². The van der Waals surface area contributed by atoms with Crippen LogP contribution in [0.15, 0.2) is 34.7 Å². The zero-order chi connectivity index (χ0) is 16.9. The molecule has 2 amide bonds. The van der Waals surface area contributed by atoms with Crippen LogP contribution in [0.3, 0.4) is 0 Å². The second-order valence-electron chi connectivity index (χ2n) is 6.15. The quantitative estimate of drug-likeness (QED) is 0.877. The van der Waals surface area contributed by atoms with Crippen LogP contribution in [-0.4, -0.2) is 49.4 Å². The molecule has 3 rings (SSSR count). The van der Waals surface area contributed by atoms with Gasteiger partial charge in [-0.3, -0.25) is 9.59 Å². The number of para-hydroxylation sites is 1. The molecule has 1 unspecified atom stereocenters. The number of furan rings is 1.